The summed E-state index contributed by atoms with van der Waals surface area (Å²) >= 11 is 0. The van der Waals surface area contributed by atoms with Gasteiger partial charge >= 0.3 is 25.7 Å². The van der Waals surface area contributed by atoms with Gasteiger partial charge in [-0.1, -0.05) is 13.8 Å². The molecule has 0 spiro atoms. The number of hydrogen-bond donors (Lipinski definition) is 2. The minimum absolute atomic E-state index is 0.0247. The molecule has 0 aromatic carbocycles. The molecule has 0 saturated carbocycles. The van der Waals surface area contributed by atoms with Gasteiger partial charge in [-0.2, -0.15) is 10.4 Å². The summed E-state index contributed by atoms with van der Waals surface area (Å²) in [5.41, 5.74) is 3.13. The summed E-state index contributed by atoms with van der Waals surface area (Å²) in [5, 5.41) is 25.6. The summed E-state index contributed by atoms with van der Waals surface area (Å²) in [6.45, 7) is 6.48. The maximum absolute atomic E-state index is 13.5. The molecule has 236 valence electrons. The summed E-state index contributed by atoms with van der Waals surface area (Å²) in [5.74, 6) is -2.64. The molecule has 3 N–H and O–H groups in total. The second-order valence-electron chi connectivity index (χ2n) is 10.7. The van der Waals surface area contributed by atoms with E-state index in [0.29, 0.717) is 5.52 Å². The number of phosphoric ester groups is 1. The number of nitriles is 1. The quantitative estimate of drug-likeness (QED) is 0.147. The van der Waals surface area contributed by atoms with Gasteiger partial charge in [0.2, 0.25) is 19.2 Å². The van der Waals surface area contributed by atoms with Gasteiger partial charge in [-0.15, -0.1) is 0 Å². The number of anilines is 1. The molecule has 0 bridgehead atoms. The number of nitrogens with two attached hydrogens (primary N) is 1. The molecule has 0 aliphatic carbocycles. The minimum atomic E-state index is -4.69. The van der Waals surface area contributed by atoms with Crippen LogP contribution in [0.1, 0.15) is 47.2 Å². The third-order valence-electron chi connectivity index (χ3n) is 6.06. The zero-order valence-corrected chi connectivity index (χ0v) is 25.3. The summed E-state index contributed by atoms with van der Waals surface area (Å²) in [6, 6.07) is 4.82. The van der Waals surface area contributed by atoms with Crippen molar-refractivity contribution in [3.63, 3.8) is 0 Å². The number of aliphatic hydroxyl groups excluding tert-OH is 1. The van der Waals surface area contributed by atoms with Gasteiger partial charge in [-0.3, -0.25) is 18.9 Å². The summed E-state index contributed by atoms with van der Waals surface area (Å²) in [6.07, 6.45) is -3.62. The lowest BCUT2D eigenvalue weighted by molar-refractivity contribution is -0.162. The van der Waals surface area contributed by atoms with Gasteiger partial charge in [0.05, 0.1) is 23.6 Å². The highest BCUT2D eigenvalue weighted by Crippen LogP contribution is 2.51. The van der Waals surface area contributed by atoms with Crippen molar-refractivity contribution < 1.29 is 56.6 Å². The maximum Gasteiger partial charge on any atom is 0.480 e. The van der Waals surface area contributed by atoms with E-state index in [0.717, 1.165) is 13.3 Å². The minimum Gasteiger partial charge on any atom is -0.457 e. The zero-order valence-electron chi connectivity index (χ0n) is 24.4. The van der Waals surface area contributed by atoms with E-state index in [9.17, 15) is 29.3 Å². The Kier molecular flexibility index (Phi) is 10.5. The first-order chi connectivity index (χ1) is 20.0. The van der Waals surface area contributed by atoms with E-state index in [-0.39, 0.29) is 11.5 Å². The maximum atomic E-state index is 13.5. The first-order valence-electron chi connectivity index (χ1n) is 12.9. The van der Waals surface area contributed by atoms with Crippen molar-refractivity contribution in [2.75, 3.05) is 25.9 Å². The molecule has 18 heteroatoms. The van der Waals surface area contributed by atoms with Crippen LogP contribution in [0.15, 0.2) is 18.5 Å². The molecule has 43 heavy (non-hydrogen) atoms. The molecule has 1 aliphatic rings. The van der Waals surface area contributed by atoms with Crippen LogP contribution in [-0.4, -0.2) is 76.1 Å². The van der Waals surface area contributed by atoms with Crippen molar-refractivity contribution in [3.05, 3.63) is 24.2 Å². The average Bonchev–Trinajstić information content (AvgIpc) is 3.47. The van der Waals surface area contributed by atoms with Crippen LogP contribution in [0.4, 0.5) is 5.82 Å². The number of nitrogen functional groups attached to an aromatic ring is 1. The SMILES string of the molecule is CC(=O)O[C@H]1[C@@H](O)[C@](C#N)(c2ccc3c(N)ncnn23)O[C@@H]1COP(=O)(OCOC(=O)C(C)C)OCOC(=O)C(C)(C)C. The van der Waals surface area contributed by atoms with Crippen LogP contribution in [0.25, 0.3) is 5.52 Å². The van der Waals surface area contributed by atoms with Gasteiger partial charge < -0.3 is 29.8 Å². The van der Waals surface area contributed by atoms with E-state index >= 15 is 0 Å². The molecule has 2 aromatic heterocycles. The normalized spacial score (nSPS) is 23.5. The zero-order chi connectivity index (χ0) is 32.2. The predicted octanol–water partition coefficient (Wildman–Crippen LogP) is 1.58. The molecule has 2 aromatic rings. The Balaban J connectivity index is 1.87. The molecule has 1 aliphatic heterocycles. The van der Waals surface area contributed by atoms with Gasteiger partial charge in [0.15, 0.2) is 11.9 Å². The number of aliphatic hydroxyl groups is 1. The number of esters is 3. The Morgan fingerprint density at radius 3 is 2.44 bits per heavy atom. The van der Waals surface area contributed by atoms with E-state index in [2.05, 4.69) is 10.1 Å². The van der Waals surface area contributed by atoms with Gasteiger partial charge in [-0.05, 0) is 32.9 Å². The summed E-state index contributed by atoms with van der Waals surface area (Å²) in [4.78, 5) is 39.8. The largest absolute Gasteiger partial charge is 0.480 e. The van der Waals surface area contributed by atoms with Crippen LogP contribution in [0, 0.1) is 22.7 Å². The standard InChI is InChI=1S/C25H34N5O12P/c1-14(2)22(33)36-12-39-43(35,40-13-37-23(34)24(4,5)6)38-9-17-19(41-15(3)31)20(32)25(10-26,42-17)18-8-7-16-21(27)28-11-29-30(16)18/h7-8,11,14,17,19-20,32H,9,12-13H2,1-6H3,(H2,27,28,29)/t17-,19-,20-,25+,43?/m1/s1. The second kappa shape index (κ2) is 13.3. The van der Waals surface area contributed by atoms with Crippen molar-refractivity contribution in [3.8, 4) is 6.07 Å². The van der Waals surface area contributed by atoms with Crippen LogP contribution >= 0.6 is 7.82 Å². The van der Waals surface area contributed by atoms with E-state index in [1.165, 1.54) is 16.6 Å². The number of rotatable bonds is 12. The molecule has 3 heterocycles. The molecule has 1 unspecified atom stereocenters. The Bertz CT molecular complexity index is 1430. The van der Waals surface area contributed by atoms with Gasteiger partial charge in [0, 0.05) is 6.92 Å². The fourth-order valence-electron chi connectivity index (χ4n) is 3.82. The molecule has 1 fully saturated rings. The molecule has 3 rings (SSSR count). The van der Waals surface area contributed by atoms with Crippen LogP contribution in [0.5, 0.6) is 0 Å². The van der Waals surface area contributed by atoms with E-state index in [4.69, 9.17) is 38.3 Å². The Hall–Kier alpha value is -3.65. The number of aromatic nitrogens is 3. The lowest BCUT2D eigenvalue weighted by atomic mass is 9.92. The number of carbonyl (C=O) groups excluding carboxylic acids is 3. The van der Waals surface area contributed by atoms with Crippen molar-refractivity contribution in [2.24, 2.45) is 11.3 Å². The van der Waals surface area contributed by atoms with E-state index in [1.807, 2.05) is 6.07 Å². The topological polar surface area (TPSA) is 233 Å². The molecule has 1 saturated heterocycles. The number of ether oxygens (including phenoxy) is 4. The highest BCUT2D eigenvalue weighted by Gasteiger charge is 2.60. The van der Waals surface area contributed by atoms with Gasteiger partial charge in [-0.25, -0.2) is 23.1 Å². The molecular formula is C25H34N5O12P. The lowest BCUT2D eigenvalue weighted by Crippen LogP contribution is -2.42. The average molecular weight is 628 g/mol. The van der Waals surface area contributed by atoms with Gasteiger partial charge in [0.1, 0.15) is 30.1 Å². The van der Waals surface area contributed by atoms with Crippen molar-refractivity contribution in [1.29, 1.82) is 5.26 Å². The van der Waals surface area contributed by atoms with Crippen molar-refractivity contribution >= 4 is 37.1 Å². The fraction of sp³-hybridized carbons (Fsp3) is 0.600. The smallest absolute Gasteiger partial charge is 0.457 e. The molecular weight excluding hydrogens is 593 g/mol. The third-order valence-corrected chi connectivity index (χ3v) is 7.36. The lowest BCUT2D eigenvalue weighted by Gasteiger charge is -2.24. The molecule has 0 amide bonds. The van der Waals surface area contributed by atoms with Gasteiger partial charge in [0.25, 0.3) is 0 Å². The number of hydrogen-bond acceptors (Lipinski definition) is 16. The number of nitrogens with zero attached hydrogens (tertiary/aromatic N) is 4. The molecule has 17 nitrogen and oxygen atoms in total. The summed E-state index contributed by atoms with van der Waals surface area (Å²) < 4.78 is 51.3. The van der Waals surface area contributed by atoms with Crippen LogP contribution < -0.4 is 5.73 Å². The van der Waals surface area contributed by atoms with E-state index < -0.39 is 81.2 Å². The number of fused-ring (bicyclic) bond motifs is 1. The second-order valence-corrected chi connectivity index (χ2v) is 12.4. The number of phosphoric acid groups is 1. The van der Waals surface area contributed by atoms with Crippen molar-refractivity contribution in [1.82, 2.24) is 14.6 Å². The number of carbonyl (C=O) groups is 3. The van der Waals surface area contributed by atoms with Crippen molar-refractivity contribution in [2.45, 2.75) is 65.5 Å². The van der Waals surface area contributed by atoms with E-state index in [1.54, 1.807) is 34.6 Å². The fourth-order valence-corrected chi connectivity index (χ4v) is 4.74. The van der Waals surface area contributed by atoms with Crippen LogP contribution in [-0.2, 0) is 57.1 Å². The Labute approximate surface area is 246 Å². The molecule has 0 radical (unpaired) electrons. The highest BCUT2D eigenvalue weighted by molar-refractivity contribution is 7.48. The highest BCUT2D eigenvalue weighted by atomic mass is 31.2. The third kappa shape index (κ3) is 7.66. The first-order valence-corrected chi connectivity index (χ1v) is 14.4. The first kappa shape index (κ1) is 33.8. The van der Waals surface area contributed by atoms with Crippen LogP contribution in [0.2, 0.25) is 0 Å². The summed E-state index contributed by atoms with van der Waals surface area (Å²) in [7, 11) is -4.69. The predicted molar refractivity (Wildman–Crippen MR) is 143 cm³/mol. The molecule has 5 atom stereocenters. The Morgan fingerprint density at radius 2 is 1.86 bits per heavy atom. The van der Waals surface area contributed by atoms with Crippen LogP contribution in [0.3, 0.4) is 0 Å². The Morgan fingerprint density at radius 1 is 1.21 bits per heavy atom. The monoisotopic (exact) mass is 627 g/mol.